The van der Waals surface area contributed by atoms with Crippen LogP contribution in [0.4, 0.5) is 23.7 Å². The van der Waals surface area contributed by atoms with Crippen LogP contribution in [0.15, 0.2) is 28.8 Å². The zero-order valence-corrected chi connectivity index (χ0v) is 15.1. The molecule has 2 aromatic rings. The maximum atomic E-state index is 12.2. The van der Waals surface area contributed by atoms with E-state index in [9.17, 15) is 18.0 Å². The number of rotatable bonds is 6. The maximum absolute atomic E-state index is 12.2. The quantitative estimate of drug-likeness (QED) is 0.776. The number of urea groups is 1. The number of carbonyl (C=O) groups excluding carboxylic acids is 1. The van der Waals surface area contributed by atoms with Gasteiger partial charge in [-0.1, -0.05) is 5.16 Å². The Morgan fingerprint density at radius 2 is 2.07 bits per heavy atom. The van der Waals surface area contributed by atoms with Crippen molar-refractivity contribution in [2.75, 3.05) is 24.5 Å². The lowest BCUT2D eigenvalue weighted by atomic mass is 10.1. The lowest BCUT2D eigenvalue weighted by Crippen LogP contribution is -2.38. The van der Waals surface area contributed by atoms with Gasteiger partial charge in [0.05, 0.1) is 6.54 Å². The number of hydrogen-bond donors (Lipinski definition) is 2. The van der Waals surface area contributed by atoms with Gasteiger partial charge in [-0.3, -0.25) is 0 Å². The van der Waals surface area contributed by atoms with E-state index in [0.717, 1.165) is 18.7 Å². The molecule has 3 rings (SSSR count). The molecule has 8 nitrogen and oxygen atoms in total. The van der Waals surface area contributed by atoms with E-state index in [2.05, 4.69) is 30.4 Å². The van der Waals surface area contributed by atoms with Gasteiger partial charge in [-0.2, -0.15) is 4.98 Å². The Morgan fingerprint density at radius 3 is 2.71 bits per heavy atom. The highest BCUT2D eigenvalue weighted by Crippen LogP contribution is 2.28. The van der Waals surface area contributed by atoms with Crippen LogP contribution in [0.1, 0.15) is 18.1 Å². The van der Waals surface area contributed by atoms with E-state index in [4.69, 9.17) is 4.52 Å². The fraction of sp³-hybridized carbons (Fsp3) is 0.471. The van der Waals surface area contributed by atoms with Gasteiger partial charge in [-0.25, -0.2) is 4.79 Å². The van der Waals surface area contributed by atoms with Gasteiger partial charge in [-0.05, 0) is 43.5 Å². The second-order valence-electron chi connectivity index (χ2n) is 6.44. The molecule has 1 aromatic carbocycles. The summed E-state index contributed by atoms with van der Waals surface area (Å²) in [5.41, 5.74) is 0.813. The topological polar surface area (TPSA) is 92.5 Å². The number of nitrogens with one attached hydrogen (secondary N) is 2. The fourth-order valence-corrected chi connectivity index (χ4v) is 2.96. The van der Waals surface area contributed by atoms with Gasteiger partial charge in [0.15, 0.2) is 5.82 Å². The van der Waals surface area contributed by atoms with Crippen molar-refractivity contribution in [1.82, 2.24) is 20.8 Å². The Hall–Kier alpha value is -2.98. The van der Waals surface area contributed by atoms with E-state index in [1.165, 1.54) is 12.1 Å². The van der Waals surface area contributed by atoms with Crippen LogP contribution in [0.25, 0.3) is 0 Å². The molecule has 0 saturated carbocycles. The second-order valence-corrected chi connectivity index (χ2v) is 6.44. The van der Waals surface area contributed by atoms with Gasteiger partial charge in [0.2, 0.25) is 5.89 Å². The van der Waals surface area contributed by atoms with E-state index in [-0.39, 0.29) is 24.2 Å². The molecule has 1 atom stereocenters. The van der Waals surface area contributed by atoms with Crippen LogP contribution in [-0.4, -0.2) is 42.2 Å². The smallest absolute Gasteiger partial charge is 0.406 e. The predicted molar refractivity (Wildman–Crippen MR) is 92.7 cm³/mol. The summed E-state index contributed by atoms with van der Waals surface area (Å²) < 4.78 is 45.4. The monoisotopic (exact) mass is 399 g/mol. The first-order valence-corrected chi connectivity index (χ1v) is 8.70. The Bertz CT molecular complexity index is 794. The van der Waals surface area contributed by atoms with Crippen LogP contribution >= 0.6 is 0 Å². The minimum atomic E-state index is -4.70. The van der Waals surface area contributed by atoms with Crippen molar-refractivity contribution in [3.8, 4) is 5.75 Å². The summed E-state index contributed by atoms with van der Waals surface area (Å²) in [4.78, 5) is 17.9. The van der Waals surface area contributed by atoms with E-state index in [1.807, 2.05) is 0 Å². The van der Waals surface area contributed by atoms with Crippen molar-refractivity contribution in [2.45, 2.75) is 26.3 Å². The number of nitrogens with zero attached hydrogens (tertiary/aromatic N) is 3. The van der Waals surface area contributed by atoms with Crippen molar-refractivity contribution < 1.29 is 27.2 Å². The van der Waals surface area contributed by atoms with Crippen LogP contribution in [0.5, 0.6) is 5.75 Å². The van der Waals surface area contributed by atoms with E-state index >= 15 is 0 Å². The molecular formula is C17H20F3N5O3. The van der Waals surface area contributed by atoms with Crippen molar-refractivity contribution in [3.63, 3.8) is 0 Å². The molecule has 1 saturated heterocycles. The molecule has 28 heavy (non-hydrogen) atoms. The zero-order chi connectivity index (χ0) is 20.1. The molecule has 0 bridgehead atoms. The highest BCUT2D eigenvalue weighted by molar-refractivity contribution is 5.73. The molecule has 11 heteroatoms. The predicted octanol–water partition coefficient (Wildman–Crippen LogP) is 2.60. The molecule has 2 N–H and O–H groups in total. The lowest BCUT2D eigenvalue weighted by molar-refractivity contribution is -0.274. The van der Waals surface area contributed by atoms with Crippen molar-refractivity contribution >= 4 is 11.7 Å². The molecule has 152 valence electrons. The van der Waals surface area contributed by atoms with E-state index in [0.29, 0.717) is 24.8 Å². The molecule has 0 radical (unpaired) electrons. The Balaban J connectivity index is 1.40. The summed E-state index contributed by atoms with van der Waals surface area (Å²) in [5, 5.41) is 9.07. The van der Waals surface area contributed by atoms with Crippen LogP contribution in [0.2, 0.25) is 0 Å². The van der Waals surface area contributed by atoms with Crippen LogP contribution < -0.4 is 20.3 Å². The molecule has 1 aliphatic heterocycles. The number of ether oxygens (including phenoxy) is 1. The Kier molecular flexibility index (Phi) is 5.90. The van der Waals surface area contributed by atoms with Crippen molar-refractivity contribution in [2.24, 2.45) is 5.92 Å². The van der Waals surface area contributed by atoms with Gasteiger partial charge in [-0.15, -0.1) is 13.2 Å². The molecule has 2 heterocycles. The largest absolute Gasteiger partial charge is 0.573 e. The number of amides is 2. The standard InChI is InChI=1S/C17H20F3N5O3/c1-11-23-15(28-24-11)9-22-16(26)21-8-12-6-7-25(10-12)13-2-4-14(5-3-13)27-17(18,19)20/h2-5,12H,6-10H2,1H3,(H2,21,22,26)/t12-/m0/s1. The third-order valence-electron chi connectivity index (χ3n) is 4.24. The number of carbonyl (C=O) groups is 1. The molecule has 0 spiro atoms. The first-order valence-electron chi connectivity index (χ1n) is 8.70. The fourth-order valence-electron chi connectivity index (χ4n) is 2.96. The van der Waals surface area contributed by atoms with Crippen molar-refractivity contribution in [3.05, 3.63) is 36.0 Å². The summed E-state index contributed by atoms with van der Waals surface area (Å²) in [6, 6.07) is 5.44. The lowest BCUT2D eigenvalue weighted by Gasteiger charge is -2.19. The SMILES string of the molecule is Cc1noc(CNC(=O)NC[C@@H]2CCN(c3ccc(OC(F)(F)F)cc3)C2)n1. The molecule has 2 amide bonds. The normalized spacial score (nSPS) is 16.9. The average molecular weight is 399 g/mol. The number of anilines is 1. The summed E-state index contributed by atoms with van der Waals surface area (Å²) >= 11 is 0. The van der Waals surface area contributed by atoms with Crippen LogP contribution in [0, 0.1) is 12.8 Å². The summed E-state index contributed by atoms with van der Waals surface area (Å²) in [7, 11) is 0. The van der Waals surface area contributed by atoms with Gasteiger partial charge in [0.25, 0.3) is 0 Å². The minimum Gasteiger partial charge on any atom is -0.406 e. The molecular weight excluding hydrogens is 379 g/mol. The first-order chi connectivity index (χ1) is 13.3. The highest BCUT2D eigenvalue weighted by atomic mass is 19.4. The Labute approximate surface area is 159 Å². The number of hydrogen-bond acceptors (Lipinski definition) is 6. The van der Waals surface area contributed by atoms with Crippen molar-refractivity contribution in [1.29, 1.82) is 0 Å². The summed E-state index contributed by atoms with van der Waals surface area (Å²) in [5.74, 6) is 0.822. The third kappa shape index (κ3) is 5.76. The molecule has 1 aromatic heterocycles. The van der Waals surface area contributed by atoms with Crippen LogP contribution in [0.3, 0.4) is 0 Å². The van der Waals surface area contributed by atoms with Gasteiger partial charge in [0, 0.05) is 25.3 Å². The summed E-state index contributed by atoms with van der Waals surface area (Å²) in [6.45, 7) is 3.78. The first kappa shape index (κ1) is 19.8. The van der Waals surface area contributed by atoms with Gasteiger partial charge >= 0.3 is 12.4 Å². The number of aryl methyl sites for hydroxylation is 1. The van der Waals surface area contributed by atoms with Gasteiger partial charge in [0.1, 0.15) is 5.75 Å². The average Bonchev–Trinajstić information content (AvgIpc) is 3.26. The zero-order valence-electron chi connectivity index (χ0n) is 15.1. The van der Waals surface area contributed by atoms with E-state index < -0.39 is 6.36 Å². The number of alkyl halides is 3. The summed E-state index contributed by atoms with van der Waals surface area (Å²) in [6.07, 6.45) is -3.83. The van der Waals surface area contributed by atoms with Crippen LogP contribution in [-0.2, 0) is 6.54 Å². The molecule has 1 aliphatic rings. The molecule has 0 aliphatic carbocycles. The Morgan fingerprint density at radius 1 is 1.32 bits per heavy atom. The maximum Gasteiger partial charge on any atom is 0.573 e. The molecule has 0 unspecified atom stereocenters. The minimum absolute atomic E-state index is 0.149. The third-order valence-corrected chi connectivity index (χ3v) is 4.24. The number of aromatic nitrogens is 2. The molecule has 1 fully saturated rings. The van der Waals surface area contributed by atoms with Gasteiger partial charge < -0.3 is 24.8 Å². The van der Waals surface area contributed by atoms with E-state index in [1.54, 1.807) is 19.1 Å². The number of halogens is 3. The second kappa shape index (κ2) is 8.36. The highest BCUT2D eigenvalue weighted by Gasteiger charge is 2.31. The number of benzene rings is 1.